The van der Waals surface area contributed by atoms with Crippen LogP contribution in [0.4, 0.5) is 0 Å². The van der Waals surface area contributed by atoms with Gasteiger partial charge in [0.2, 0.25) is 0 Å². The summed E-state index contributed by atoms with van der Waals surface area (Å²) in [4.78, 5) is 4.36. The van der Waals surface area contributed by atoms with Gasteiger partial charge in [0.05, 0.1) is 5.69 Å². The van der Waals surface area contributed by atoms with Crippen molar-refractivity contribution in [2.75, 3.05) is 0 Å². The summed E-state index contributed by atoms with van der Waals surface area (Å²) in [6.45, 7) is 1.95. The molecule has 1 heterocycles. The maximum Gasteiger partial charge on any atom is 0.0799 e. The summed E-state index contributed by atoms with van der Waals surface area (Å²) >= 11 is 6.05. The summed E-state index contributed by atoms with van der Waals surface area (Å²) in [7, 11) is 0. The van der Waals surface area contributed by atoms with Gasteiger partial charge in [0.25, 0.3) is 0 Å². The highest BCUT2D eigenvalue weighted by molar-refractivity contribution is 6.33. The third-order valence-electron chi connectivity index (χ3n) is 1.96. The number of aromatic nitrogens is 1. The molecule has 69 valence electrons. The maximum atomic E-state index is 6.05. The van der Waals surface area contributed by atoms with Crippen LogP contribution in [0.25, 0.3) is 11.3 Å². The van der Waals surface area contributed by atoms with Crippen LogP contribution < -0.4 is 0 Å². The van der Waals surface area contributed by atoms with Crippen LogP contribution >= 0.6 is 11.6 Å². The van der Waals surface area contributed by atoms with E-state index < -0.39 is 0 Å². The fourth-order valence-corrected chi connectivity index (χ4v) is 1.50. The average molecular weight is 203 g/mol. The van der Waals surface area contributed by atoms with Crippen LogP contribution in [-0.2, 0) is 0 Å². The molecule has 0 aliphatic heterocycles. The molecule has 0 aliphatic carbocycles. The zero-order valence-electron chi connectivity index (χ0n) is 7.79. The van der Waals surface area contributed by atoms with Crippen LogP contribution in [0, 0.1) is 13.0 Å². The fourth-order valence-electron chi connectivity index (χ4n) is 1.28. The number of aryl methyl sites for hydroxylation is 1. The van der Waals surface area contributed by atoms with Gasteiger partial charge in [-0.1, -0.05) is 35.9 Å². The van der Waals surface area contributed by atoms with Crippen LogP contribution in [0.2, 0.25) is 5.02 Å². The minimum atomic E-state index is 0.710. The van der Waals surface area contributed by atoms with Crippen molar-refractivity contribution < 1.29 is 0 Å². The third kappa shape index (κ3) is 1.78. The lowest BCUT2D eigenvalue weighted by Gasteiger charge is -2.02. The van der Waals surface area contributed by atoms with E-state index in [2.05, 4.69) is 11.1 Å². The Morgan fingerprint density at radius 2 is 2.00 bits per heavy atom. The topological polar surface area (TPSA) is 12.9 Å². The van der Waals surface area contributed by atoms with E-state index in [0.29, 0.717) is 5.02 Å². The second-order valence-corrected chi connectivity index (χ2v) is 3.47. The molecule has 1 nitrogen and oxygen atoms in total. The van der Waals surface area contributed by atoms with Gasteiger partial charge in [0.1, 0.15) is 0 Å². The number of rotatable bonds is 1. The van der Waals surface area contributed by atoms with E-state index in [0.717, 1.165) is 17.0 Å². The Hall–Kier alpha value is -1.34. The highest BCUT2D eigenvalue weighted by Crippen LogP contribution is 2.25. The molecule has 0 amide bonds. The first kappa shape index (κ1) is 9.22. The Balaban J connectivity index is 2.55. The van der Waals surface area contributed by atoms with Gasteiger partial charge in [-0.15, -0.1) is 0 Å². The molecular weight excluding hydrogens is 194 g/mol. The third-order valence-corrected chi connectivity index (χ3v) is 2.29. The minimum Gasteiger partial charge on any atom is -0.252 e. The Labute approximate surface area is 88.4 Å². The lowest BCUT2D eigenvalue weighted by atomic mass is 10.1. The van der Waals surface area contributed by atoms with Crippen molar-refractivity contribution in [2.24, 2.45) is 0 Å². The summed E-state index contributed by atoms with van der Waals surface area (Å²) in [5.74, 6) is 0. The number of hydrogen-bond donors (Lipinski definition) is 0. The van der Waals surface area contributed by atoms with Gasteiger partial charge in [0.15, 0.2) is 0 Å². The Bertz CT molecular complexity index is 452. The van der Waals surface area contributed by atoms with Crippen molar-refractivity contribution in [3.8, 4) is 11.3 Å². The van der Waals surface area contributed by atoms with Crippen LogP contribution in [0.1, 0.15) is 5.69 Å². The van der Waals surface area contributed by atoms with E-state index >= 15 is 0 Å². The van der Waals surface area contributed by atoms with E-state index in [1.807, 2.05) is 43.3 Å². The van der Waals surface area contributed by atoms with Gasteiger partial charge in [-0.25, -0.2) is 0 Å². The van der Waals surface area contributed by atoms with E-state index in [1.165, 1.54) is 0 Å². The molecule has 0 saturated heterocycles. The van der Waals surface area contributed by atoms with E-state index in [4.69, 9.17) is 11.6 Å². The number of benzene rings is 1. The monoisotopic (exact) mass is 202 g/mol. The Kier molecular flexibility index (Phi) is 2.51. The zero-order valence-corrected chi connectivity index (χ0v) is 8.55. The summed E-state index contributed by atoms with van der Waals surface area (Å²) in [5.41, 5.74) is 2.70. The largest absolute Gasteiger partial charge is 0.252 e. The van der Waals surface area contributed by atoms with Gasteiger partial charge in [-0.3, -0.25) is 4.98 Å². The van der Waals surface area contributed by atoms with Crippen molar-refractivity contribution in [3.63, 3.8) is 0 Å². The first-order chi connectivity index (χ1) is 6.77. The molecule has 2 aromatic rings. The second-order valence-electron chi connectivity index (χ2n) is 3.06. The van der Waals surface area contributed by atoms with Gasteiger partial charge >= 0.3 is 0 Å². The number of halogens is 1. The van der Waals surface area contributed by atoms with Gasteiger partial charge in [-0.2, -0.15) is 0 Å². The minimum absolute atomic E-state index is 0.710. The molecule has 0 bridgehead atoms. The molecule has 2 rings (SSSR count). The summed E-state index contributed by atoms with van der Waals surface area (Å²) < 4.78 is 0. The lowest BCUT2D eigenvalue weighted by Crippen LogP contribution is -1.86. The maximum absolute atomic E-state index is 6.05. The fraction of sp³-hybridized carbons (Fsp3) is 0.0833. The van der Waals surface area contributed by atoms with Crippen LogP contribution in [0.5, 0.6) is 0 Å². The smallest absolute Gasteiger partial charge is 0.0799 e. The highest BCUT2D eigenvalue weighted by atomic mass is 35.5. The molecule has 1 radical (unpaired) electrons. The van der Waals surface area contributed by atoms with Gasteiger partial charge < -0.3 is 0 Å². The molecule has 0 atom stereocenters. The quantitative estimate of drug-likeness (QED) is 0.690. The van der Waals surface area contributed by atoms with Crippen molar-refractivity contribution in [3.05, 3.63) is 53.2 Å². The Morgan fingerprint density at radius 3 is 2.71 bits per heavy atom. The summed E-state index contributed by atoms with van der Waals surface area (Å²) in [5, 5.41) is 0.710. The first-order valence-corrected chi connectivity index (χ1v) is 4.75. The molecule has 1 aromatic carbocycles. The molecular formula is C12H9ClN. The van der Waals surface area contributed by atoms with Crippen molar-refractivity contribution in [2.45, 2.75) is 6.92 Å². The number of pyridine rings is 1. The average Bonchev–Trinajstić information content (AvgIpc) is 2.18. The van der Waals surface area contributed by atoms with Crippen molar-refractivity contribution >= 4 is 11.6 Å². The van der Waals surface area contributed by atoms with Crippen molar-refractivity contribution in [1.82, 2.24) is 4.98 Å². The summed E-state index contributed by atoms with van der Waals surface area (Å²) in [6.07, 6.45) is 0. The second kappa shape index (κ2) is 3.81. The van der Waals surface area contributed by atoms with Crippen LogP contribution in [-0.4, -0.2) is 4.98 Å². The Morgan fingerprint density at radius 1 is 1.21 bits per heavy atom. The van der Waals surface area contributed by atoms with Crippen LogP contribution in [0.15, 0.2) is 36.4 Å². The van der Waals surface area contributed by atoms with E-state index in [-0.39, 0.29) is 0 Å². The summed E-state index contributed by atoms with van der Waals surface area (Å²) in [6, 6.07) is 14.5. The molecule has 0 fully saturated rings. The molecule has 14 heavy (non-hydrogen) atoms. The highest BCUT2D eigenvalue weighted by Gasteiger charge is 2.03. The molecule has 0 unspecified atom stereocenters. The first-order valence-electron chi connectivity index (χ1n) is 4.37. The predicted molar refractivity (Wildman–Crippen MR) is 58.3 cm³/mol. The van der Waals surface area contributed by atoms with Crippen molar-refractivity contribution in [1.29, 1.82) is 0 Å². The SMILES string of the molecule is Cc1cc[c]c(-c2ccccc2Cl)n1. The predicted octanol–water partition coefficient (Wildman–Crippen LogP) is 3.51. The van der Waals surface area contributed by atoms with Crippen LogP contribution in [0.3, 0.4) is 0 Å². The van der Waals surface area contributed by atoms with E-state index in [9.17, 15) is 0 Å². The molecule has 0 spiro atoms. The molecule has 1 aromatic heterocycles. The van der Waals surface area contributed by atoms with Gasteiger partial charge in [-0.05, 0) is 19.1 Å². The number of nitrogens with zero attached hydrogens (tertiary/aromatic N) is 1. The molecule has 0 aliphatic rings. The molecule has 0 N–H and O–H groups in total. The lowest BCUT2D eigenvalue weighted by molar-refractivity contribution is 1.20. The molecule has 0 saturated carbocycles. The number of hydrogen-bond acceptors (Lipinski definition) is 1. The van der Waals surface area contributed by atoms with Gasteiger partial charge in [0, 0.05) is 22.3 Å². The zero-order chi connectivity index (χ0) is 9.97. The normalized spacial score (nSPS) is 10.1. The molecule has 2 heteroatoms. The standard InChI is InChI=1S/C12H9ClN/c1-9-5-4-8-12(14-9)10-6-2-3-7-11(10)13/h2-7H,1H3. The van der Waals surface area contributed by atoms with E-state index in [1.54, 1.807) is 0 Å².